The molecule has 2 bridgehead atoms. The Morgan fingerprint density at radius 3 is 2.62 bits per heavy atom. The van der Waals surface area contributed by atoms with Gasteiger partial charge in [0, 0.05) is 48.6 Å². The molecule has 0 radical (unpaired) electrons. The number of benzene rings is 1. The Kier molecular flexibility index (Phi) is 5.26. The van der Waals surface area contributed by atoms with Crippen molar-refractivity contribution < 1.29 is 14.0 Å². The van der Waals surface area contributed by atoms with E-state index in [0.717, 1.165) is 12.1 Å². The molecular weight excluding hydrogens is 408 g/mol. The Morgan fingerprint density at radius 2 is 1.84 bits per heavy atom. The SMILES string of the molecule is O=C(NCc1ccco1)c1ccc(NC(=O)N2C[C@H]3C[C@@H](C2)c2cccc(=O)n2C3)cc1. The Bertz CT molecular complexity index is 1180. The van der Waals surface area contributed by atoms with Gasteiger partial charge in [0.25, 0.3) is 11.5 Å². The third-order valence-corrected chi connectivity index (χ3v) is 6.17. The van der Waals surface area contributed by atoms with E-state index in [9.17, 15) is 14.4 Å². The highest BCUT2D eigenvalue weighted by Crippen LogP contribution is 2.35. The Labute approximate surface area is 184 Å². The Balaban J connectivity index is 1.20. The number of carbonyl (C=O) groups is 2. The molecule has 0 saturated carbocycles. The average molecular weight is 432 g/mol. The first-order valence-corrected chi connectivity index (χ1v) is 10.7. The summed E-state index contributed by atoms with van der Waals surface area (Å²) in [5.74, 6) is 0.910. The molecule has 2 aliphatic heterocycles. The average Bonchev–Trinajstić information content (AvgIpc) is 3.32. The number of rotatable bonds is 4. The number of piperidine rings is 1. The number of nitrogens with one attached hydrogen (secondary N) is 2. The maximum absolute atomic E-state index is 12.9. The van der Waals surface area contributed by atoms with E-state index >= 15 is 0 Å². The zero-order valence-corrected chi connectivity index (χ0v) is 17.5. The van der Waals surface area contributed by atoms with Gasteiger partial charge in [-0.05, 0) is 54.8 Å². The van der Waals surface area contributed by atoms with E-state index in [1.807, 2.05) is 15.5 Å². The van der Waals surface area contributed by atoms with Crippen LogP contribution in [0.3, 0.4) is 0 Å². The van der Waals surface area contributed by atoms with Crippen LogP contribution in [0.5, 0.6) is 0 Å². The van der Waals surface area contributed by atoms with Crippen molar-refractivity contribution in [3.63, 3.8) is 0 Å². The van der Waals surface area contributed by atoms with Crippen LogP contribution in [-0.2, 0) is 13.1 Å². The van der Waals surface area contributed by atoms with E-state index in [0.29, 0.717) is 43.2 Å². The molecule has 2 aromatic heterocycles. The summed E-state index contributed by atoms with van der Waals surface area (Å²) < 4.78 is 7.06. The van der Waals surface area contributed by atoms with Gasteiger partial charge in [0.1, 0.15) is 5.76 Å². The van der Waals surface area contributed by atoms with Crippen molar-refractivity contribution in [1.29, 1.82) is 0 Å². The highest BCUT2D eigenvalue weighted by molar-refractivity contribution is 5.95. The maximum atomic E-state index is 12.9. The second-order valence-corrected chi connectivity index (χ2v) is 8.37. The summed E-state index contributed by atoms with van der Waals surface area (Å²) in [5.41, 5.74) is 2.17. The van der Waals surface area contributed by atoms with Gasteiger partial charge in [-0.2, -0.15) is 0 Å². The summed E-state index contributed by atoms with van der Waals surface area (Å²) in [6.45, 7) is 2.17. The lowest BCUT2D eigenvalue weighted by molar-refractivity contribution is 0.0948. The van der Waals surface area contributed by atoms with Crippen molar-refractivity contribution >= 4 is 17.6 Å². The quantitative estimate of drug-likeness (QED) is 0.662. The third kappa shape index (κ3) is 4.03. The molecule has 4 heterocycles. The van der Waals surface area contributed by atoms with Crippen molar-refractivity contribution in [1.82, 2.24) is 14.8 Å². The van der Waals surface area contributed by atoms with Gasteiger partial charge in [0.05, 0.1) is 12.8 Å². The number of anilines is 1. The third-order valence-electron chi connectivity index (χ3n) is 6.17. The first kappa shape index (κ1) is 20.1. The molecular formula is C24H24N4O4. The predicted molar refractivity (Wildman–Crippen MR) is 118 cm³/mol. The number of furan rings is 1. The summed E-state index contributed by atoms with van der Waals surface area (Å²) in [4.78, 5) is 39.2. The van der Waals surface area contributed by atoms with Crippen LogP contribution in [0.2, 0.25) is 0 Å². The fourth-order valence-electron chi connectivity index (χ4n) is 4.65. The zero-order chi connectivity index (χ0) is 22.1. The number of carbonyl (C=O) groups excluding carboxylic acids is 2. The highest BCUT2D eigenvalue weighted by atomic mass is 16.3. The molecule has 3 aromatic rings. The van der Waals surface area contributed by atoms with Crippen LogP contribution in [0.25, 0.3) is 0 Å². The predicted octanol–water partition coefficient (Wildman–Crippen LogP) is 3.02. The van der Waals surface area contributed by atoms with Crippen LogP contribution in [-0.4, -0.2) is 34.5 Å². The van der Waals surface area contributed by atoms with E-state index in [1.165, 1.54) is 0 Å². The van der Waals surface area contributed by atoms with Crippen molar-refractivity contribution in [2.45, 2.75) is 25.4 Å². The molecule has 0 aliphatic carbocycles. The van der Waals surface area contributed by atoms with Gasteiger partial charge in [0.2, 0.25) is 0 Å². The molecule has 2 N–H and O–H groups in total. The number of aromatic nitrogens is 1. The van der Waals surface area contributed by atoms with E-state index in [4.69, 9.17) is 4.42 Å². The standard InChI is InChI=1S/C24H24N4O4/c29-22-5-1-4-21-18-11-16(14-28(21)22)13-27(15-18)24(31)26-19-8-6-17(7-9-19)23(30)25-12-20-3-2-10-32-20/h1-10,16,18H,11-15H2,(H,25,30)(H,26,31)/t16-,18+/m1/s1. The van der Waals surface area contributed by atoms with Crippen molar-refractivity contribution in [3.05, 3.63) is 88.2 Å². The molecule has 164 valence electrons. The molecule has 1 fully saturated rings. The first-order valence-electron chi connectivity index (χ1n) is 10.7. The number of amides is 3. The molecule has 0 unspecified atom stereocenters. The molecule has 2 aliphatic rings. The van der Waals surface area contributed by atoms with Crippen LogP contribution < -0.4 is 16.2 Å². The molecule has 8 heteroatoms. The van der Waals surface area contributed by atoms with Crippen LogP contribution in [0, 0.1) is 5.92 Å². The van der Waals surface area contributed by atoms with Crippen LogP contribution in [0.1, 0.15) is 34.2 Å². The normalized spacial score (nSPS) is 19.2. The zero-order valence-electron chi connectivity index (χ0n) is 17.5. The number of nitrogens with zero attached hydrogens (tertiary/aromatic N) is 2. The van der Waals surface area contributed by atoms with Gasteiger partial charge in [-0.15, -0.1) is 0 Å². The van der Waals surface area contributed by atoms with Crippen LogP contribution in [0.4, 0.5) is 10.5 Å². The first-order chi connectivity index (χ1) is 15.6. The van der Waals surface area contributed by atoms with E-state index in [-0.39, 0.29) is 29.3 Å². The largest absolute Gasteiger partial charge is 0.467 e. The minimum atomic E-state index is -0.211. The monoisotopic (exact) mass is 432 g/mol. The molecule has 1 saturated heterocycles. The Hall–Kier alpha value is -3.81. The molecule has 0 spiro atoms. The number of hydrogen-bond acceptors (Lipinski definition) is 4. The van der Waals surface area contributed by atoms with Crippen molar-refractivity contribution in [2.24, 2.45) is 5.92 Å². The lowest BCUT2D eigenvalue weighted by atomic mass is 9.83. The molecule has 8 nitrogen and oxygen atoms in total. The van der Waals surface area contributed by atoms with E-state index in [2.05, 4.69) is 10.6 Å². The van der Waals surface area contributed by atoms with Crippen molar-refractivity contribution in [3.8, 4) is 0 Å². The molecule has 32 heavy (non-hydrogen) atoms. The van der Waals surface area contributed by atoms with Crippen molar-refractivity contribution in [2.75, 3.05) is 18.4 Å². The van der Waals surface area contributed by atoms with Gasteiger partial charge >= 0.3 is 6.03 Å². The maximum Gasteiger partial charge on any atom is 0.321 e. The summed E-state index contributed by atoms with van der Waals surface area (Å²) >= 11 is 0. The molecule has 2 atom stereocenters. The minimum Gasteiger partial charge on any atom is -0.467 e. The summed E-state index contributed by atoms with van der Waals surface area (Å²) in [5, 5.41) is 5.72. The van der Waals surface area contributed by atoms with E-state index in [1.54, 1.807) is 54.8 Å². The fourth-order valence-corrected chi connectivity index (χ4v) is 4.65. The fraction of sp³-hybridized carbons (Fsp3) is 0.292. The van der Waals surface area contributed by atoms with Gasteiger partial charge in [-0.3, -0.25) is 9.59 Å². The van der Waals surface area contributed by atoms with Crippen LogP contribution >= 0.6 is 0 Å². The highest BCUT2D eigenvalue weighted by Gasteiger charge is 2.36. The van der Waals surface area contributed by atoms with Gasteiger partial charge in [-0.1, -0.05) is 6.07 Å². The van der Waals surface area contributed by atoms with Gasteiger partial charge < -0.3 is 24.5 Å². The number of hydrogen-bond donors (Lipinski definition) is 2. The van der Waals surface area contributed by atoms with Crippen LogP contribution in [0.15, 0.2) is 70.1 Å². The molecule has 5 rings (SSSR count). The summed E-state index contributed by atoms with van der Waals surface area (Å²) in [7, 11) is 0. The molecule has 3 amide bonds. The minimum absolute atomic E-state index is 0.0309. The summed E-state index contributed by atoms with van der Waals surface area (Å²) in [6, 6.07) is 15.6. The number of likely N-dealkylation sites (tertiary alicyclic amines) is 1. The number of pyridine rings is 1. The van der Waals surface area contributed by atoms with Gasteiger partial charge in [-0.25, -0.2) is 4.79 Å². The second kappa shape index (κ2) is 8.37. The second-order valence-electron chi connectivity index (χ2n) is 8.37. The van der Waals surface area contributed by atoms with Gasteiger partial charge in [0.15, 0.2) is 0 Å². The topological polar surface area (TPSA) is 96.6 Å². The van der Waals surface area contributed by atoms with E-state index < -0.39 is 0 Å². The smallest absolute Gasteiger partial charge is 0.321 e. The number of urea groups is 1. The summed E-state index contributed by atoms with van der Waals surface area (Å²) in [6.07, 6.45) is 2.56. The lowest BCUT2D eigenvalue weighted by Crippen LogP contribution is -2.50. The lowest BCUT2D eigenvalue weighted by Gasteiger charge is -2.42. The molecule has 1 aromatic carbocycles. The number of fused-ring (bicyclic) bond motifs is 4. The Morgan fingerprint density at radius 1 is 1.00 bits per heavy atom.